The van der Waals surface area contributed by atoms with Gasteiger partial charge in [0.05, 0.1) is 0 Å². The van der Waals surface area contributed by atoms with Gasteiger partial charge in [-0.3, -0.25) is 0 Å². The second-order valence-corrected chi connectivity index (χ2v) is 8.20. The average Bonchev–Trinajstić information content (AvgIpc) is 2.72. The van der Waals surface area contributed by atoms with Gasteiger partial charge in [-0.2, -0.15) is 0 Å². The smallest absolute Gasteiger partial charge is 0.314 e. The molecule has 0 saturated carbocycles. The van der Waals surface area contributed by atoms with Gasteiger partial charge in [-0.05, 0) is 37.0 Å². The SMILES string of the molecule is CCCCCCCCCCCCCCCNC(=O)NCCCc1ccc(O)cc1. The number of unbranched alkanes of at least 4 members (excludes halogenated alkanes) is 12. The van der Waals surface area contributed by atoms with Gasteiger partial charge in [-0.15, -0.1) is 0 Å². The van der Waals surface area contributed by atoms with Gasteiger partial charge in [0.2, 0.25) is 0 Å². The number of hydrogen-bond acceptors (Lipinski definition) is 2. The summed E-state index contributed by atoms with van der Waals surface area (Å²) in [6.07, 6.45) is 19.3. The number of aromatic hydroxyl groups is 1. The van der Waals surface area contributed by atoms with Crippen molar-refractivity contribution >= 4 is 6.03 Å². The molecule has 1 aromatic carbocycles. The summed E-state index contributed by atoms with van der Waals surface area (Å²) in [5.74, 6) is 0.291. The van der Waals surface area contributed by atoms with Crippen LogP contribution in [0.1, 0.15) is 102 Å². The number of nitrogens with one attached hydrogen (secondary N) is 2. The van der Waals surface area contributed by atoms with Crippen molar-refractivity contribution < 1.29 is 9.90 Å². The molecule has 0 heterocycles. The van der Waals surface area contributed by atoms with Crippen molar-refractivity contribution in [3.8, 4) is 5.75 Å². The number of phenols is 1. The normalized spacial score (nSPS) is 10.8. The second kappa shape index (κ2) is 18.3. The van der Waals surface area contributed by atoms with Crippen LogP contribution in [0.5, 0.6) is 5.75 Å². The van der Waals surface area contributed by atoms with Crippen LogP contribution >= 0.6 is 0 Å². The van der Waals surface area contributed by atoms with Gasteiger partial charge >= 0.3 is 6.03 Å². The lowest BCUT2D eigenvalue weighted by molar-refractivity contribution is 0.240. The zero-order valence-corrected chi connectivity index (χ0v) is 18.7. The molecule has 29 heavy (non-hydrogen) atoms. The van der Waals surface area contributed by atoms with E-state index in [9.17, 15) is 9.90 Å². The lowest BCUT2D eigenvalue weighted by atomic mass is 10.0. The quantitative estimate of drug-likeness (QED) is 0.238. The molecule has 0 radical (unpaired) electrons. The van der Waals surface area contributed by atoms with Crippen LogP contribution in [-0.4, -0.2) is 24.2 Å². The summed E-state index contributed by atoms with van der Waals surface area (Å²) in [7, 11) is 0. The van der Waals surface area contributed by atoms with Crippen molar-refractivity contribution in [1.82, 2.24) is 10.6 Å². The van der Waals surface area contributed by atoms with Gasteiger partial charge in [0.15, 0.2) is 0 Å². The number of urea groups is 1. The third kappa shape index (κ3) is 15.8. The van der Waals surface area contributed by atoms with E-state index in [1.54, 1.807) is 12.1 Å². The van der Waals surface area contributed by atoms with Gasteiger partial charge in [0.25, 0.3) is 0 Å². The van der Waals surface area contributed by atoms with Gasteiger partial charge in [0.1, 0.15) is 5.75 Å². The Balaban J connectivity index is 1.79. The Morgan fingerprint density at radius 3 is 1.66 bits per heavy atom. The molecule has 0 unspecified atom stereocenters. The summed E-state index contributed by atoms with van der Waals surface area (Å²) in [6, 6.07) is 7.18. The summed E-state index contributed by atoms with van der Waals surface area (Å²) in [5.41, 5.74) is 1.18. The number of hydrogen-bond donors (Lipinski definition) is 3. The fraction of sp³-hybridized carbons (Fsp3) is 0.720. The van der Waals surface area contributed by atoms with Crippen molar-refractivity contribution in [1.29, 1.82) is 0 Å². The van der Waals surface area contributed by atoms with Crippen LogP contribution in [-0.2, 0) is 6.42 Å². The lowest BCUT2D eigenvalue weighted by Crippen LogP contribution is -2.36. The standard InChI is InChI=1S/C25H44N2O2/c1-2-3-4-5-6-7-8-9-10-11-12-13-14-21-26-25(29)27-22-15-16-23-17-19-24(28)20-18-23/h17-20,28H,2-16,21-22H2,1H3,(H2,26,27,29). The molecule has 0 saturated heterocycles. The summed E-state index contributed by atoms with van der Waals surface area (Å²) < 4.78 is 0. The van der Waals surface area contributed by atoms with Crippen molar-refractivity contribution in [2.75, 3.05) is 13.1 Å². The van der Waals surface area contributed by atoms with E-state index in [2.05, 4.69) is 17.6 Å². The molecule has 0 aliphatic rings. The van der Waals surface area contributed by atoms with E-state index in [1.165, 1.54) is 82.6 Å². The van der Waals surface area contributed by atoms with E-state index in [0.29, 0.717) is 12.3 Å². The fourth-order valence-corrected chi connectivity index (χ4v) is 3.56. The van der Waals surface area contributed by atoms with Crippen molar-refractivity contribution in [3.05, 3.63) is 29.8 Å². The molecule has 0 aromatic heterocycles. The molecular weight excluding hydrogens is 360 g/mol. The minimum Gasteiger partial charge on any atom is -0.508 e. The van der Waals surface area contributed by atoms with Crippen LogP contribution in [0.2, 0.25) is 0 Å². The van der Waals surface area contributed by atoms with Crippen molar-refractivity contribution in [3.63, 3.8) is 0 Å². The first-order valence-electron chi connectivity index (χ1n) is 12.0. The molecule has 0 atom stereocenters. The lowest BCUT2D eigenvalue weighted by Gasteiger charge is -2.08. The predicted octanol–water partition coefficient (Wildman–Crippen LogP) is 6.72. The summed E-state index contributed by atoms with van der Waals surface area (Å²) in [4.78, 5) is 11.8. The number of amides is 2. The number of aryl methyl sites for hydroxylation is 1. The minimum absolute atomic E-state index is 0.0605. The molecular formula is C25H44N2O2. The van der Waals surface area contributed by atoms with Gasteiger partial charge in [-0.25, -0.2) is 4.79 Å². The van der Waals surface area contributed by atoms with E-state index in [4.69, 9.17) is 0 Å². The largest absolute Gasteiger partial charge is 0.508 e. The molecule has 2 amide bonds. The molecule has 0 aliphatic heterocycles. The molecule has 0 fully saturated rings. The molecule has 4 nitrogen and oxygen atoms in total. The van der Waals surface area contributed by atoms with Gasteiger partial charge in [0, 0.05) is 13.1 Å². The molecule has 166 valence electrons. The van der Waals surface area contributed by atoms with Crippen LogP contribution in [0, 0.1) is 0 Å². The number of benzene rings is 1. The summed E-state index contributed by atoms with van der Waals surface area (Å²) in [5, 5.41) is 15.1. The maximum absolute atomic E-state index is 11.8. The number of phenolic OH excluding ortho intramolecular Hbond substituents is 1. The summed E-state index contributed by atoms with van der Waals surface area (Å²) in [6.45, 7) is 3.71. The minimum atomic E-state index is -0.0605. The van der Waals surface area contributed by atoms with Crippen LogP contribution in [0.15, 0.2) is 24.3 Å². The number of carbonyl (C=O) groups excluding carboxylic acids is 1. The van der Waals surface area contributed by atoms with Crippen LogP contribution in [0.3, 0.4) is 0 Å². The molecule has 0 aliphatic carbocycles. The Labute approximate surface area is 178 Å². The topological polar surface area (TPSA) is 61.4 Å². The number of rotatable bonds is 18. The molecule has 1 rings (SSSR count). The molecule has 0 spiro atoms. The molecule has 1 aromatic rings. The molecule has 0 bridgehead atoms. The third-order valence-corrected chi connectivity index (χ3v) is 5.43. The second-order valence-electron chi connectivity index (χ2n) is 8.20. The van der Waals surface area contributed by atoms with E-state index < -0.39 is 0 Å². The molecule has 3 N–H and O–H groups in total. The van der Waals surface area contributed by atoms with Gasteiger partial charge in [-0.1, -0.05) is 96.1 Å². The van der Waals surface area contributed by atoms with E-state index in [-0.39, 0.29) is 6.03 Å². The third-order valence-electron chi connectivity index (χ3n) is 5.43. The first-order chi connectivity index (χ1) is 14.2. The first kappa shape index (κ1) is 25.3. The van der Waals surface area contributed by atoms with Crippen molar-refractivity contribution in [2.45, 2.75) is 103 Å². The van der Waals surface area contributed by atoms with Crippen LogP contribution < -0.4 is 10.6 Å². The highest BCUT2D eigenvalue weighted by Gasteiger charge is 2.00. The zero-order chi connectivity index (χ0) is 21.0. The van der Waals surface area contributed by atoms with Crippen molar-refractivity contribution in [2.24, 2.45) is 0 Å². The first-order valence-corrected chi connectivity index (χ1v) is 12.0. The zero-order valence-electron chi connectivity index (χ0n) is 18.7. The number of carbonyl (C=O) groups is 1. The van der Waals surface area contributed by atoms with Crippen LogP contribution in [0.25, 0.3) is 0 Å². The maximum atomic E-state index is 11.8. The maximum Gasteiger partial charge on any atom is 0.314 e. The highest BCUT2D eigenvalue weighted by atomic mass is 16.3. The monoisotopic (exact) mass is 404 g/mol. The highest BCUT2D eigenvalue weighted by Crippen LogP contribution is 2.12. The Bertz CT molecular complexity index is 502. The fourth-order valence-electron chi connectivity index (χ4n) is 3.56. The van der Waals surface area contributed by atoms with E-state index in [1.807, 2.05) is 12.1 Å². The summed E-state index contributed by atoms with van der Waals surface area (Å²) >= 11 is 0. The Morgan fingerprint density at radius 1 is 0.690 bits per heavy atom. The average molecular weight is 405 g/mol. The van der Waals surface area contributed by atoms with E-state index in [0.717, 1.165) is 25.8 Å². The van der Waals surface area contributed by atoms with Gasteiger partial charge < -0.3 is 15.7 Å². The Kier molecular flexibility index (Phi) is 16.0. The van der Waals surface area contributed by atoms with E-state index >= 15 is 0 Å². The predicted molar refractivity (Wildman–Crippen MR) is 124 cm³/mol. The Hall–Kier alpha value is -1.71. The molecule has 4 heteroatoms. The Morgan fingerprint density at radius 2 is 1.14 bits per heavy atom. The van der Waals surface area contributed by atoms with Crippen LogP contribution in [0.4, 0.5) is 4.79 Å². The highest BCUT2D eigenvalue weighted by molar-refractivity contribution is 5.73.